The maximum Gasteiger partial charge on any atom is 0.308 e. The van der Waals surface area contributed by atoms with Crippen molar-refractivity contribution < 1.29 is 19.4 Å². The molecule has 0 radical (unpaired) electrons. The number of aryl methyl sites for hydroxylation is 1. The fraction of sp³-hybridized carbons (Fsp3) is 0.304. The Labute approximate surface area is 170 Å². The topological polar surface area (TPSA) is 82.6 Å². The van der Waals surface area contributed by atoms with Crippen LogP contribution in [0.25, 0.3) is 22.2 Å². The number of fused-ring (bicyclic) bond motifs is 1. The molecule has 1 heterocycles. The van der Waals surface area contributed by atoms with Crippen molar-refractivity contribution in [1.82, 2.24) is 9.88 Å². The van der Waals surface area contributed by atoms with Crippen LogP contribution < -0.4 is 4.74 Å². The number of carbonyl (C=O) groups is 2. The number of methoxy groups -OCH3 is 1. The number of nitrogens with one attached hydrogen (secondary N) is 1. The summed E-state index contributed by atoms with van der Waals surface area (Å²) in [4.78, 5) is 28.6. The Morgan fingerprint density at radius 2 is 1.83 bits per heavy atom. The monoisotopic (exact) mass is 394 g/mol. The van der Waals surface area contributed by atoms with Gasteiger partial charge in [-0.1, -0.05) is 25.1 Å². The summed E-state index contributed by atoms with van der Waals surface area (Å²) in [5.41, 5.74) is 4.12. The van der Waals surface area contributed by atoms with Gasteiger partial charge in [-0.25, -0.2) is 0 Å². The van der Waals surface area contributed by atoms with E-state index < -0.39 is 11.9 Å². The predicted molar refractivity (Wildman–Crippen MR) is 113 cm³/mol. The third-order valence-corrected chi connectivity index (χ3v) is 5.18. The molecule has 2 aromatic carbocycles. The average molecular weight is 394 g/mol. The van der Waals surface area contributed by atoms with Gasteiger partial charge in [0.15, 0.2) is 0 Å². The molecular weight excluding hydrogens is 368 g/mol. The summed E-state index contributed by atoms with van der Waals surface area (Å²) >= 11 is 0. The molecule has 1 amide bonds. The summed E-state index contributed by atoms with van der Waals surface area (Å²) in [6.07, 6.45) is 0.879. The number of benzene rings is 2. The third-order valence-electron chi connectivity index (χ3n) is 5.18. The molecule has 0 aliphatic rings. The number of H-pyrrole nitrogens is 1. The van der Waals surface area contributed by atoms with Crippen molar-refractivity contribution in [3.8, 4) is 17.0 Å². The predicted octanol–water partition coefficient (Wildman–Crippen LogP) is 3.96. The van der Waals surface area contributed by atoms with Crippen molar-refractivity contribution in [3.63, 3.8) is 0 Å². The van der Waals surface area contributed by atoms with Crippen LogP contribution in [0.15, 0.2) is 48.5 Å². The summed E-state index contributed by atoms with van der Waals surface area (Å²) in [6, 6.07) is 15.9. The fourth-order valence-electron chi connectivity index (χ4n) is 3.48. The maximum atomic E-state index is 12.6. The van der Waals surface area contributed by atoms with Gasteiger partial charge < -0.3 is 19.7 Å². The molecule has 0 aliphatic heterocycles. The Hall–Kier alpha value is -3.28. The Morgan fingerprint density at radius 1 is 1.14 bits per heavy atom. The van der Waals surface area contributed by atoms with Crippen molar-refractivity contribution >= 4 is 22.8 Å². The minimum absolute atomic E-state index is 0.0657. The molecule has 1 unspecified atom stereocenters. The minimum Gasteiger partial charge on any atom is -0.497 e. The molecule has 0 fully saturated rings. The highest BCUT2D eigenvalue weighted by Gasteiger charge is 2.19. The van der Waals surface area contributed by atoms with E-state index >= 15 is 0 Å². The second kappa shape index (κ2) is 8.82. The van der Waals surface area contributed by atoms with E-state index in [-0.39, 0.29) is 12.5 Å². The molecule has 3 rings (SSSR count). The molecule has 29 heavy (non-hydrogen) atoms. The molecule has 0 spiro atoms. The number of para-hydroxylation sites is 1. The average Bonchev–Trinajstić information content (AvgIpc) is 3.10. The van der Waals surface area contributed by atoms with E-state index in [0.29, 0.717) is 12.8 Å². The van der Waals surface area contributed by atoms with Crippen LogP contribution >= 0.6 is 0 Å². The Bertz CT molecular complexity index is 1010. The first-order chi connectivity index (χ1) is 13.9. The highest BCUT2D eigenvalue weighted by molar-refractivity contribution is 5.91. The lowest BCUT2D eigenvalue weighted by molar-refractivity contribution is -0.142. The van der Waals surface area contributed by atoms with Crippen LogP contribution in [-0.4, -0.2) is 47.6 Å². The number of carboxylic acids is 1. The lowest BCUT2D eigenvalue weighted by Crippen LogP contribution is -2.33. The molecule has 1 aromatic heterocycles. The van der Waals surface area contributed by atoms with Crippen LogP contribution in [-0.2, 0) is 16.0 Å². The second-order valence-corrected chi connectivity index (χ2v) is 7.27. The summed E-state index contributed by atoms with van der Waals surface area (Å²) in [5, 5.41) is 10.2. The standard InChI is InChI=1S/C23H26N2O4/c1-15(23(27)28)14-25(2)21(26)13-12-19-18-6-4-5-7-20(18)24-22(19)16-8-10-17(29-3)11-9-16/h4-11,15,24H,12-14H2,1-3H3,(H,27,28). The van der Waals surface area contributed by atoms with Crippen LogP contribution in [0.1, 0.15) is 18.9 Å². The summed E-state index contributed by atoms with van der Waals surface area (Å²) in [7, 11) is 3.29. The summed E-state index contributed by atoms with van der Waals surface area (Å²) < 4.78 is 5.25. The number of aliphatic carboxylic acids is 1. The molecule has 0 aliphatic carbocycles. The van der Waals surface area contributed by atoms with E-state index in [1.54, 1.807) is 21.1 Å². The SMILES string of the molecule is COc1ccc(-c2[nH]c3ccccc3c2CCC(=O)N(C)CC(C)C(=O)O)cc1. The normalized spacial score (nSPS) is 12.0. The summed E-state index contributed by atoms with van der Waals surface area (Å²) in [5.74, 6) is -0.769. The van der Waals surface area contributed by atoms with Crippen LogP contribution in [0.3, 0.4) is 0 Å². The van der Waals surface area contributed by atoms with Crippen LogP contribution in [0.4, 0.5) is 0 Å². The van der Waals surface area contributed by atoms with Gasteiger partial charge in [-0.15, -0.1) is 0 Å². The number of hydrogen-bond donors (Lipinski definition) is 2. The number of rotatable bonds is 8. The van der Waals surface area contributed by atoms with Crippen LogP contribution in [0.2, 0.25) is 0 Å². The van der Waals surface area contributed by atoms with Gasteiger partial charge in [0.2, 0.25) is 5.91 Å². The van der Waals surface area contributed by atoms with Gasteiger partial charge in [0, 0.05) is 36.6 Å². The quantitative estimate of drug-likeness (QED) is 0.606. The van der Waals surface area contributed by atoms with Crippen LogP contribution in [0.5, 0.6) is 5.75 Å². The summed E-state index contributed by atoms with van der Waals surface area (Å²) in [6.45, 7) is 1.81. The van der Waals surface area contributed by atoms with Crippen molar-refractivity contribution in [3.05, 3.63) is 54.1 Å². The fourth-order valence-corrected chi connectivity index (χ4v) is 3.48. The van der Waals surface area contributed by atoms with Gasteiger partial charge in [0.05, 0.1) is 13.0 Å². The lowest BCUT2D eigenvalue weighted by Gasteiger charge is -2.19. The molecule has 3 aromatic rings. The van der Waals surface area contributed by atoms with Crippen molar-refractivity contribution in [1.29, 1.82) is 0 Å². The zero-order chi connectivity index (χ0) is 21.0. The maximum absolute atomic E-state index is 12.6. The molecule has 6 nitrogen and oxygen atoms in total. The molecule has 152 valence electrons. The van der Waals surface area contributed by atoms with Gasteiger partial charge in [0.25, 0.3) is 0 Å². The molecular formula is C23H26N2O4. The van der Waals surface area contributed by atoms with Gasteiger partial charge in [0.1, 0.15) is 5.75 Å². The molecule has 6 heteroatoms. The van der Waals surface area contributed by atoms with Crippen molar-refractivity contribution in [2.45, 2.75) is 19.8 Å². The van der Waals surface area contributed by atoms with Gasteiger partial charge in [-0.3, -0.25) is 9.59 Å². The number of aromatic nitrogens is 1. The zero-order valence-electron chi connectivity index (χ0n) is 16.9. The van der Waals surface area contributed by atoms with Crippen molar-refractivity contribution in [2.24, 2.45) is 5.92 Å². The molecule has 0 saturated heterocycles. The number of hydrogen-bond acceptors (Lipinski definition) is 3. The zero-order valence-corrected chi connectivity index (χ0v) is 16.9. The van der Waals surface area contributed by atoms with Gasteiger partial charge >= 0.3 is 5.97 Å². The van der Waals surface area contributed by atoms with E-state index in [0.717, 1.165) is 33.5 Å². The first kappa shape index (κ1) is 20.5. The van der Waals surface area contributed by atoms with E-state index in [2.05, 4.69) is 11.1 Å². The lowest BCUT2D eigenvalue weighted by atomic mass is 10.0. The molecule has 2 N–H and O–H groups in total. The van der Waals surface area contributed by atoms with E-state index in [1.165, 1.54) is 4.90 Å². The van der Waals surface area contributed by atoms with Crippen LogP contribution in [0, 0.1) is 5.92 Å². The smallest absolute Gasteiger partial charge is 0.308 e. The molecule has 0 saturated carbocycles. The third kappa shape index (κ3) is 4.59. The number of carbonyl (C=O) groups excluding carboxylic acids is 1. The number of nitrogens with zero attached hydrogens (tertiary/aromatic N) is 1. The highest BCUT2D eigenvalue weighted by Crippen LogP contribution is 2.32. The number of amides is 1. The Morgan fingerprint density at radius 3 is 2.48 bits per heavy atom. The van der Waals surface area contributed by atoms with Crippen molar-refractivity contribution in [2.75, 3.05) is 20.7 Å². The van der Waals surface area contributed by atoms with E-state index in [1.807, 2.05) is 42.5 Å². The number of ether oxygens (including phenoxy) is 1. The Kier molecular flexibility index (Phi) is 6.22. The molecule has 0 bridgehead atoms. The number of aromatic amines is 1. The first-order valence-corrected chi connectivity index (χ1v) is 9.61. The van der Waals surface area contributed by atoms with E-state index in [9.17, 15) is 9.59 Å². The largest absolute Gasteiger partial charge is 0.497 e. The van der Waals surface area contributed by atoms with Gasteiger partial charge in [-0.2, -0.15) is 0 Å². The van der Waals surface area contributed by atoms with E-state index in [4.69, 9.17) is 9.84 Å². The Balaban J connectivity index is 1.84. The molecule has 1 atom stereocenters. The van der Waals surface area contributed by atoms with Gasteiger partial charge in [-0.05, 0) is 47.9 Å². The second-order valence-electron chi connectivity index (χ2n) is 7.27. The number of carboxylic acid groups (broad SMARTS) is 1. The first-order valence-electron chi connectivity index (χ1n) is 9.61. The highest BCUT2D eigenvalue weighted by atomic mass is 16.5. The minimum atomic E-state index is -0.900.